The number of rotatable bonds is 6. The normalized spacial score (nSPS) is 13.3. The highest BCUT2D eigenvalue weighted by atomic mass is 32.2. The third kappa shape index (κ3) is 3.82. The van der Waals surface area contributed by atoms with E-state index in [4.69, 9.17) is 9.15 Å². The first-order valence-corrected chi connectivity index (χ1v) is 11.9. The van der Waals surface area contributed by atoms with E-state index < -0.39 is 32.7 Å². The highest BCUT2D eigenvalue weighted by Gasteiger charge is 2.31. The van der Waals surface area contributed by atoms with Crippen LogP contribution in [0, 0.1) is 0 Å². The van der Waals surface area contributed by atoms with Crippen molar-refractivity contribution in [2.75, 3.05) is 18.2 Å². The zero-order chi connectivity index (χ0) is 20.6. The van der Waals surface area contributed by atoms with E-state index in [-0.39, 0.29) is 5.89 Å². The van der Waals surface area contributed by atoms with Crippen LogP contribution in [0.15, 0.2) is 27.2 Å². The van der Waals surface area contributed by atoms with E-state index in [1.54, 1.807) is 17.5 Å². The van der Waals surface area contributed by atoms with Crippen LogP contribution in [0.1, 0.15) is 27.2 Å². The molecular weight excluding hydrogens is 438 g/mol. The lowest BCUT2D eigenvalue weighted by molar-refractivity contribution is -0.113. The predicted molar refractivity (Wildman–Crippen MR) is 106 cm³/mol. The smallest absolute Gasteiger partial charge is 0.341 e. The number of nitrogens with zero attached hydrogens (tertiary/aromatic N) is 2. The Labute approximate surface area is 173 Å². The van der Waals surface area contributed by atoms with Gasteiger partial charge in [0.1, 0.15) is 10.8 Å². The first-order valence-electron chi connectivity index (χ1n) is 8.52. The Hall–Kier alpha value is -2.57. The summed E-state index contributed by atoms with van der Waals surface area (Å²) in [5.41, 5.74) is 1.16. The van der Waals surface area contributed by atoms with Gasteiger partial charge in [-0.2, -0.15) is 0 Å². The number of aryl methyl sites for hydroxylation is 1. The van der Waals surface area contributed by atoms with E-state index >= 15 is 0 Å². The van der Waals surface area contributed by atoms with E-state index in [2.05, 4.69) is 15.5 Å². The van der Waals surface area contributed by atoms with Crippen molar-refractivity contribution in [1.82, 2.24) is 10.2 Å². The fourth-order valence-corrected chi connectivity index (χ4v) is 5.89. The molecule has 3 aromatic heterocycles. The number of methoxy groups -OCH3 is 1. The van der Waals surface area contributed by atoms with Crippen LogP contribution in [0.2, 0.25) is 0 Å². The topological polar surface area (TPSA) is 128 Å². The minimum Gasteiger partial charge on any atom is -0.465 e. The summed E-state index contributed by atoms with van der Waals surface area (Å²) in [4.78, 5) is 26.2. The molecule has 0 spiro atoms. The lowest BCUT2D eigenvalue weighted by Crippen LogP contribution is -2.24. The Morgan fingerprint density at radius 3 is 2.86 bits per heavy atom. The number of thiophene rings is 2. The maximum atomic E-state index is 12.5. The Morgan fingerprint density at radius 2 is 2.14 bits per heavy atom. The number of sulfone groups is 1. The van der Waals surface area contributed by atoms with Crippen molar-refractivity contribution in [2.24, 2.45) is 0 Å². The van der Waals surface area contributed by atoms with Crippen molar-refractivity contribution in [3.05, 3.63) is 33.5 Å². The van der Waals surface area contributed by atoms with Crippen molar-refractivity contribution in [2.45, 2.75) is 24.5 Å². The van der Waals surface area contributed by atoms with Crippen molar-refractivity contribution >= 4 is 49.4 Å². The molecule has 0 bridgehead atoms. The number of hydrogen-bond donors (Lipinski definition) is 1. The number of fused-ring (bicyclic) bond motifs is 1. The van der Waals surface area contributed by atoms with Crippen LogP contribution in [-0.4, -0.2) is 43.4 Å². The summed E-state index contributed by atoms with van der Waals surface area (Å²) in [6.07, 6.45) is 2.46. The second kappa shape index (κ2) is 7.69. The number of esters is 1. The van der Waals surface area contributed by atoms with Crippen LogP contribution in [0.25, 0.3) is 10.8 Å². The molecule has 0 aliphatic heterocycles. The van der Waals surface area contributed by atoms with Gasteiger partial charge in [0.15, 0.2) is 0 Å². The summed E-state index contributed by atoms with van der Waals surface area (Å²) in [7, 11) is -2.88. The molecule has 9 nitrogen and oxygen atoms in total. The third-order valence-electron chi connectivity index (χ3n) is 4.29. The van der Waals surface area contributed by atoms with Crippen LogP contribution in [0.4, 0.5) is 5.00 Å². The zero-order valence-corrected chi connectivity index (χ0v) is 17.6. The van der Waals surface area contributed by atoms with E-state index in [9.17, 15) is 18.0 Å². The Bertz CT molecular complexity index is 1180. The summed E-state index contributed by atoms with van der Waals surface area (Å²) >= 11 is 2.59. The van der Waals surface area contributed by atoms with Crippen LogP contribution >= 0.6 is 22.7 Å². The maximum absolute atomic E-state index is 12.5. The molecular formula is C17H15N3O6S3. The molecule has 0 radical (unpaired) electrons. The number of amides is 1. The van der Waals surface area contributed by atoms with E-state index in [0.29, 0.717) is 15.4 Å². The highest BCUT2D eigenvalue weighted by Crippen LogP contribution is 2.39. The molecule has 0 unspecified atom stereocenters. The number of carbonyl (C=O) groups excluding carboxylic acids is 2. The van der Waals surface area contributed by atoms with Gasteiger partial charge in [-0.1, -0.05) is 11.2 Å². The fraction of sp³-hybridized carbons (Fsp3) is 0.294. The molecule has 0 fully saturated rings. The molecule has 0 saturated heterocycles. The molecule has 152 valence electrons. The van der Waals surface area contributed by atoms with Crippen molar-refractivity contribution in [1.29, 1.82) is 0 Å². The monoisotopic (exact) mass is 453 g/mol. The molecule has 12 heteroatoms. The second-order valence-electron chi connectivity index (χ2n) is 6.21. The maximum Gasteiger partial charge on any atom is 0.341 e. The minimum atomic E-state index is -4.14. The number of nitrogens with one attached hydrogen (secondary N) is 1. The SMILES string of the molecule is COC(=O)c1c(NC(=O)CS(=O)(=O)c2nnc(-c3cccs3)o2)sc2c1CCC2. The molecule has 4 rings (SSSR count). The second-order valence-corrected chi connectivity index (χ2v) is 10.1. The van der Waals surface area contributed by atoms with Gasteiger partial charge in [-0.3, -0.25) is 4.79 Å². The number of carbonyl (C=O) groups is 2. The van der Waals surface area contributed by atoms with E-state index in [0.717, 1.165) is 29.7 Å². The molecule has 1 amide bonds. The molecule has 1 N–H and O–H groups in total. The quantitative estimate of drug-likeness (QED) is 0.564. The first kappa shape index (κ1) is 19.7. The Morgan fingerprint density at radius 1 is 1.31 bits per heavy atom. The molecule has 29 heavy (non-hydrogen) atoms. The van der Waals surface area contributed by atoms with Crippen molar-refractivity contribution < 1.29 is 27.2 Å². The molecule has 1 aliphatic rings. The van der Waals surface area contributed by atoms with Gasteiger partial charge in [0, 0.05) is 4.88 Å². The minimum absolute atomic E-state index is 0.0710. The van der Waals surface area contributed by atoms with E-state index in [1.165, 1.54) is 29.8 Å². The average molecular weight is 454 g/mol. The van der Waals surface area contributed by atoms with Gasteiger partial charge in [0.05, 0.1) is 17.6 Å². The Kier molecular flexibility index (Phi) is 5.23. The van der Waals surface area contributed by atoms with Gasteiger partial charge < -0.3 is 14.5 Å². The Balaban J connectivity index is 1.52. The van der Waals surface area contributed by atoms with Crippen LogP contribution in [0.5, 0.6) is 0 Å². The molecule has 0 atom stereocenters. The van der Waals surface area contributed by atoms with Crippen LogP contribution in [-0.2, 0) is 32.2 Å². The highest BCUT2D eigenvalue weighted by molar-refractivity contribution is 7.91. The molecule has 3 heterocycles. The summed E-state index contributed by atoms with van der Waals surface area (Å²) in [5, 5.41) is 11.3. The van der Waals surface area contributed by atoms with Crippen LogP contribution in [0.3, 0.4) is 0 Å². The molecule has 1 aliphatic carbocycles. The molecule has 3 aromatic rings. The summed E-state index contributed by atoms with van der Waals surface area (Å²) in [5.74, 6) is -2.17. The van der Waals surface area contributed by atoms with Gasteiger partial charge in [-0.15, -0.1) is 27.8 Å². The number of hydrogen-bond acceptors (Lipinski definition) is 10. The van der Waals surface area contributed by atoms with Gasteiger partial charge in [0.25, 0.3) is 5.89 Å². The molecule has 0 saturated carbocycles. The van der Waals surface area contributed by atoms with Gasteiger partial charge >= 0.3 is 11.2 Å². The fourth-order valence-electron chi connectivity index (χ4n) is 3.04. The van der Waals surface area contributed by atoms with E-state index in [1.807, 2.05) is 0 Å². The standard InChI is InChI=1S/C17H15N3O6S3/c1-25-16(22)13-9-4-2-5-10(9)28-15(13)18-12(21)8-29(23,24)17-20-19-14(26-17)11-6-3-7-27-11/h3,6-7H,2,4-5,8H2,1H3,(H,18,21). The number of aromatic nitrogens is 2. The first-order chi connectivity index (χ1) is 13.9. The summed E-state index contributed by atoms with van der Waals surface area (Å²) in [6, 6.07) is 3.48. The number of ether oxygens (including phenoxy) is 1. The van der Waals surface area contributed by atoms with Gasteiger partial charge in [-0.05, 0) is 36.3 Å². The lowest BCUT2D eigenvalue weighted by Gasteiger charge is -2.06. The van der Waals surface area contributed by atoms with Crippen molar-refractivity contribution in [3.8, 4) is 10.8 Å². The predicted octanol–water partition coefficient (Wildman–Crippen LogP) is 2.55. The third-order valence-corrected chi connectivity index (χ3v) is 7.69. The van der Waals surface area contributed by atoms with Crippen molar-refractivity contribution in [3.63, 3.8) is 0 Å². The lowest BCUT2D eigenvalue weighted by atomic mass is 10.1. The largest absolute Gasteiger partial charge is 0.465 e. The number of anilines is 1. The van der Waals surface area contributed by atoms with Gasteiger partial charge in [0.2, 0.25) is 15.7 Å². The molecule has 0 aromatic carbocycles. The van der Waals surface area contributed by atoms with Crippen LogP contribution < -0.4 is 5.32 Å². The van der Waals surface area contributed by atoms with Gasteiger partial charge in [-0.25, -0.2) is 13.2 Å². The average Bonchev–Trinajstić information content (AvgIpc) is 3.42. The summed E-state index contributed by atoms with van der Waals surface area (Å²) in [6.45, 7) is 0. The summed E-state index contributed by atoms with van der Waals surface area (Å²) < 4.78 is 35.0. The zero-order valence-electron chi connectivity index (χ0n) is 15.1.